The highest BCUT2D eigenvalue weighted by atomic mass is 16.3. The van der Waals surface area contributed by atoms with Gasteiger partial charge in [-0.05, 0) is 84.7 Å². The van der Waals surface area contributed by atoms with E-state index in [4.69, 9.17) is 0 Å². The summed E-state index contributed by atoms with van der Waals surface area (Å²) in [6, 6.07) is 9.98. The molecule has 0 aromatic heterocycles. The molecule has 4 aliphatic carbocycles. The first-order chi connectivity index (χ1) is 22.6. The van der Waals surface area contributed by atoms with Crippen molar-refractivity contribution in [1.82, 2.24) is 0 Å². The van der Waals surface area contributed by atoms with Crippen LogP contribution in [0.5, 0.6) is 5.75 Å². The predicted molar refractivity (Wildman–Crippen MR) is 185 cm³/mol. The molecule has 1 unspecified atom stereocenters. The number of phenols is 1. The van der Waals surface area contributed by atoms with E-state index in [1.54, 1.807) is 6.92 Å². The second-order valence-corrected chi connectivity index (χ2v) is 15.8. The van der Waals surface area contributed by atoms with Gasteiger partial charge in [0.25, 0.3) is 0 Å². The summed E-state index contributed by atoms with van der Waals surface area (Å²) in [5, 5.41) is 46.9. The summed E-state index contributed by atoms with van der Waals surface area (Å²) in [4.78, 5) is 41.2. The molecule has 0 bridgehead atoms. The fourth-order valence-corrected chi connectivity index (χ4v) is 10.2. The molecule has 0 aliphatic heterocycles. The van der Waals surface area contributed by atoms with E-state index in [2.05, 4.69) is 25.1 Å². The highest BCUT2D eigenvalue weighted by Crippen LogP contribution is 2.65. The number of aliphatic hydroxyl groups excluding tert-OH is 2. The van der Waals surface area contributed by atoms with Crippen LogP contribution in [0.4, 0.5) is 0 Å². The zero-order chi connectivity index (χ0) is 34.9. The van der Waals surface area contributed by atoms with Gasteiger partial charge in [0, 0.05) is 22.3 Å². The Labute approximate surface area is 283 Å². The Bertz CT molecular complexity index is 1770. The number of carbonyl (C=O) groups is 3. The zero-order valence-corrected chi connectivity index (χ0v) is 29.2. The van der Waals surface area contributed by atoms with Gasteiger partial charge < -0.3 is 20.4 Å². The molecule has 48 heavy (non-hydrogen) atoms. The molecule has 0 heterocycles. The van der Waals surface area contributed by atoms with Crippen LogP contribution >= 0.6 is 0 Å². The van der Waals surface area contributed by atoms with Crippen LogP contribution in [0, 0.1) is 28.6 Å². The molecule has 1 fully saturated rings. The lowest BCUT2D eigenvalue weighted by atomic mass is 9.44. The highest BCUT2D eigenvalue weighted by Gasteiger charge is 2.71. The maximum atomic E-state index is 14.6. The third-order valence-electron chi connectivity index (χ3n) is 12.3. The Hall–Kier alpha value is -3.71. The number of aromatic hydroxyl groups is 1. The fourth-order valence-electron chi connectivity index (χ4n) is 10.2. The molecular formula is C41H50O7. The molecule has 2 aromatic carbocycles. The standard InChI is InChI=1S/C41H50O7/c1-7-26-16-15-25(14-13-24-11-9-8-10-12-24)19-28(26)27-17-18-30(43)32-29(27)20-39(5)21-40(6)33(22(2)3)35(44)31(23(4)42)37(46)41(40,48)38(47)34(39)36(32)45/h15-19,22,24,33,43-44,47-48H,7-14,20-21H2,1-6H3/t33?,39-,40-,41+/m1/s1. The normalized spacial score (nSPS) is 29.2. The quantitative estimate of drug-likeness (QED) is 0.222. The van der Waals surface area contributed by atoms with Crippen LogP contribution in [0.2, 0.25) is 0 Å². The van der Waals surface area contributed by atoms with Crippen molar-refractivity contribution in [3.8, 4) is 16.9 Å². The van der Waals surface area contributed by atoms with E-state index in [9.17, 15) is 34.8 Å². The van der Waals surface area contributed by atoms with Crippen molar-refractivity contribution in [1.29, 1.82) is 0 Å². The Morgan fingerprint density at radius 2 is 1.67 bits per heavy atom. The molecule has 1 saturated carbocycles. The molecule has 4 N–H and O–H groups in total. The lowest BCUT2D eigenvalue weighted by molar-refractivity contribution is -0.171. The number of carbonyl (C=O) groups excluding carboxylic acids is 3. The van der Waals surface area contributed by atoms with Crippen molar-refractivity contribution < 1.29 is 34.8 Å². The number of aliphatic hydroxyl groups is 3. The zero-order valence-electron chi connectivity index (χ0n) is 29.2. The molecule has 0 amide bonds. The first-order valence-electron chi connectivity index (χ1n) is 17.8. The number of Topliss-reactive ketones (excluding diaryl/α,β-unsaturated/α-hetero) is 3. The van der Waals surface area contributed by atoms with Crippen LogP contribution in [-0.4, -0.2) is 43.4 Å². The summed E-state index contributed by atoms with van der Waals surface area (Å²) in [7, 11) is 0. The average molecular weight is 655 g/mol. The number of hydrogen-bond donors (Lipinski definition) is 4. The van der Waals surface area contributed by atoms with Crippen LogP contribution in [0.25, 0.3) is 11.1 Å². The smallest absolute Gasteiger partial charge is 0.209 e. The molecule has 0 saturated heterocycles. The van der Waals surface area contributed by atoms with Gasteiger partial charge in [-0.3, -0.25) is 14.4 Å². The van der Waals surface area contributed by atoms with E-state index in [0.29, 0.717) is 5.56 Å². The summed E-state index contributed by atoms with van der Waals surface area (Å²) >= 11 is 0. The number of ketones is 3. The second-order valence-electron chi connectivity index (χ2n) is 15.8. The van der Waals surface area contributed by atoms with E-state index in [0.717, 1.165) is 48.8 Å². The van der Waals surface area contributed by atoms with Crippen molar-refractivity contribution in [3.63, 3.8) is 0 Å². The van der Waals surface area contributed by atoms with Crippen LogP contribution < -0.4 is 0 Å². The molecule has 6 rings (SSSR count). The van der Waals surface area contributed by atoms with Crippen molar-refractivity contribution in [2.24, 2.45) is 28.6 Å². The maximum absolute atomic E-state index is 14.6. The summed E-state index contributed by atoms with van der Waals surface area (Å²) in [6.07, 6.45) is 9.73. The van der Waals surface area contributed by atoms with Gasteiger partial charge >= 0.3 is 0 Å². The van der Waals surface area contributed by atoms with E-state index in [1.165, 1.54) is 43.7 Å². The number of benzene rings is 2. The van der Waals surface area contributed by atoms with Gasteiger partial charge in [0.05, 0.1) is 5.56 Å². The minimum absolute atomic E-state index is 0.0576. The number of rotatable bonds is 7. The van der Waals surface area contributed by atoms with Crippen LogP contribution in [0.15, 0.2) is 53.0 Å². The molecule has 0 spiro atoms. The summed E-state index contributed by atoms with van der Waals surface area (Å²) in [6.45, 7) is 10.4. The van der Waals surface area contributed by atoms with Gasteiger partial charge in [-0.2, -0.15) is 0 Å². The first kappa shape index (κ1) is 34.2. The monoisotopic (exact) mass is 654 g/mol. The van der Waals surface area contributed by atoms with Gasteiger partial charge in [-0.25, -0.2) is 0 Å². The van der Waals surface area contributed by atoms with Gasteiger partial charge in [-0.1, -0.05) is 91.0 Å². The summed E-state index contributed by atoms with van der Waals surface area (Å²) in [5.41, 5.74) is -0.861. The Morgan fingerprint density at radius 1 is 0.979 bits per heavy atom. The molecule has 256 valence electrons. The maximum Gasteiger partial charge on any atom is 0.209 e. The fraction of sp³-hybridized carbons (Fsp3) is 0.537. The van der Waals surface area contributed by atoms with Crippen LogP contribution in [0.1, 0.15) is 114 Å². The number of allylic oxidation sites excluding steroid dienone is 2. The van der Waals surface area contributed by atoms with Crippen LogP contribution in [-0.2, 0) is 28.9 Å². The lowest BCUT2D eigenvalue weighted by Crippen LogP contribution is -2.67. The molecule has 2 aromatic rings. The topological polar surface area (TPSA) is 132 Å². The van der Waals surface area contributed by atoms with Gasteiger partial charge in [0.15, 0.2) is 17.2 Å². The van der Waals surface area contributed by atoms with E-state index >= 15 is 0 Å². The molecular weight excluding hydrogens is 604 g/mol. The Kier molecular flexibility index (Phi) is 8.55. The van der Waals surface area contributed by atoms with E-state index < -0.39 is 51.0 Å². The predicted octanol–water partition coefficient (Wildman–Crippen LogP) is 8.09. The third-order valence-corrected chi connectivity index (χ3v) is 12.3. The van der Waals surface area contributed by atoms with Crippen molar-refractivity contribution >= 4 is 17.3 Å². The van der Waals surface area contributed by atoms with E-state index in [1.807, 2.05) is 26.8 Å². The molecule has 4 atom stereocenters. The van der Waals surface area contributed by atoms with Gasteiger partial charge in [-0.15, -0.1) is 0 Å². The molecule has 7 nitrogen and oxygen atoms in total. The number of fused-ring (bicyclic) bond motifs is 3. The van der Waals surface area contributed by atoms with Gasteiger partial charge in [0.2, 0.25) is 5.78 Å². The lowest BCUT2D eigenvalue weighted by Gasteiger charge is -2.59. The second kappa shape index (κ2) is 12.0. The van der Waals surface area contributed by atoms with Crippen LogP contribution in [0.3, 0.4) is 0 Å². The number of hydrogen-bond acceptors (Lipinski definition) is 7. The number of phenolic OH excluding ortho intramolecular Hbond substituents is 1. The summed E-state index contributed by atoms with van der Waals surface area (Å²) in [5.74, 6) is -4.30. The molecule has 0 radical (unpaired) electrons. The molecule has 7 heteroatoms. The van der Waals surface area contributed by atoms with Crippen molar-refractivity contribution in [3.05, 3.63) is 75.3 Å². The minimum Gasteiger partial charge on any atom is -0.511 e. The third kappa shape index (κ3) is 4.90. The SMILES string of the molecule is CCc1ccc(CCC2CCCCC2)cc1-c1ccc(O)c2c1C[C@]1(C)C[C@]3(C)C(C(C)C)C(O)=C(C(C)=O)C(=O)[C@]3(O)C(O)=C1C2=O. The number of aryl methyl sites for hydroxylation is 2. The van der Waals surface area contributed by atoms with E-state index in [-0.39, 0.29) is 41.4 Å². The summed E-state index contributed by atoms with van der Waals surface area (Å²) < 4.78 is 0. The van der Waals surface area contributed by atoms with Crippen molar-refractivity contribution in [2.45, 2.75) is 111 Å². The Morgan fingerprint density at radius 3 is 2.29 bits per heavy atom. The Balaban J connectivity index is 1.51. The minimum atomic E-state index is -2.62. The average Bonchev–Trinajstić information content (AvgIpc) is 3.02. The largest absolute Gasteiger partial charge is 0.511 e. The van der Waals surface area contributed by atoms with Crippen molar-refractivity contribution in [2.75, 3.05) is 0 Å². The highest BCUT2D eigenvalue weighted by molar-refractivity contribution is 6.25. The van der Waals surface area contributed by atoms with Gasteiger partial charge in [0.1, 0.15) is 22.8 Å². The first-order valence-corrected chi connectivity index (χ1v) is 17.8. The molecule has 4 aliphatic rings.